The molecule has 1 heterocycles. The second kappa shape index (κ2) is 5.38. The summed E-state index contributed by atoms with van der Waals surface area (Å²) in [7, 11) is 1.63. The van der Waals surface area contributed by atoms with Gasteiger partial charge in [0.1, 0.15) is 22.4 Å². The highest BCUT2D eigenvalue weighted by atomic mass is 32.1. The van der Waals surface area contributed by atoms with Crippen LogP contribution >= 0.6 is 11.5 Å². The number of rotatable bonds is 4. The molecule has 2 aromatic rings. The average molecular weight is 260 g/mol. The number of hydrogen-bond donors (Lipinski definition) is 2. The largest absolute Gasteiger partial charge is 0.496 e. The number of hydrogen-bond acceptors (Lipinski definition) is 6. The van der Waals surface area contributed by atoms with Crippen molar-refractivity contribution in [1.29, 1.82) is 5.26 Å². The van der Waals surface area contributed by atoms with E-state index in [1.165, 1.54) is 11.5 Å². The van der Waals surface area contributed by atoms with Gasteiger partial charge in [-0.3, -0.25) is 0 Å². The zero-order valence-corrected chi connectivity index (χ0v) is 10.6. The summed E-state index contributed by atoms with van der Waals surface area (Å²) in [6.07, 6.45) is 0. The molecule has 0 fully saturated rings. The zero-order chi connectivity index (χ0) is 13.0. The van der Waals surface area contributed by atoms with Crippen LogP contribution in [0.3, 0.4) is 0 Å². The molecular formula is C12H12N4OS. The SMILES string of the molecule is COc1ccccc1CNc1snc(N)c1C#N. The summed E-state index contributed by atoms with van der Waals surface area (Å²) in [6, 6.07) is 9.74. The number of anilines is 2. The Bertz CT molecular complexity index is 588. The minimum Gasteiger partial charge on any atom is -0.496 e. The Morgan fingerprint density at radius 1 is 1.50 bits per heavy atom. The van der Waals surface area contributed by atoms with E-state index in [1.807, 2.05) is 30.3 Å². The number of nitrogens with one attached hydrogen (secondary N) is 1. The Morgan fingerprint density at radius 3 is 3.00 bits per heavy atom. The average Bonchev–Trinajstić information content (AvgIpc) is 2.77. The van der Waals surface area contributed by atoms with Crippen molar-refractivity contribution >= 4 is 22.4 Å². The first kappa shape index (κ1) is 12.2. The Labute approximate surface area is 109 Å². The van der Waals surface area contributed by atoms with E-state index in [-0.39, 0.29) is 5.82 Å². The van der Waals surface area contributed by atoms with Gasteiger partial charge in [0.2, 0.25) is 0 Å². The van der Waals surface area contributed by atoms with Gasteiger partial charge in [0, 0.05) is 12.1 Å². The van der Waals surface area contributed by atoms with Crippen LogP contribution in [0.5, 0.6) is 5.75 Å². The third-order valence-corrected chi connectivity index (χ3v) is 3.28. The topological polar surface area (TPSA) is 84.0 Å². The molecule has 0 amide bonds. The zero-order valence-electron chi connectivity index (χ0n) is 9.80. The number of methoxy groups -OCH3 is 1. The molecule has 3 N–H and O–H groups in total. The van der Waals surface area contributed by atoms with Crippen LogP contribution in [0.1, 0.15) is 11.1 Å². The Balaban J connectivity index is 2.14. The molecule has 0 spiro atoms. The van der Waals surface area contributed by atoms with Crippen molar-refractivity contribution in [2.45, 2.75) is 6.54 Å². The lowest BCUT2D eigenvalue weighted by atomic mass is 10.2. The van der Waals surface area contributed by atoms with Gasteiger partial charge in [0.15, 0.2) is 5.82 Å². The maximum atomic E-state index is 8.96. The van der Waals surface area contributed by atoms with Gasteiger partial charge in [0.05, 0.1) is 7.11 Å². The van der Waals surface area contributed by atoms with Gasteiger partial charge >= 0.3 is 0 Å². The molecule has 1 aromatic heterocycles. The number of aromatic nitrogens is 1. The van der Waals surface area contributed by atoms with E-state index in [4.69, 9.17) is 15.7 Å². The van der Waals surface area contributed by atoms with Crippen molar-refractivity contribution in [3.63, 3.8) is 0 Å². The van der Waals surface area contributed by atoms with Crippen LogP contribution < -0.4 is 15.8 Å². The predicted octanol–water partition coefficient (Wildman–Crippen LogP) is 2.22. The van der Waals surface area contributed by atoms with Gasteiger partial charge in [-0.05, 0) is 17.6 Å². The normalized spacial score (nSPS) is 9.78. The molecule has 1 aromatic carbocycles. The second-order valence-electron chi connectivity index (χ2n) is 3.55. The molecule has 0 atom stereocenters. The van der Waals surface area contributed by atoms with Gasteiger partial charge < -0.3 is 15.8 Å². The molecule has 5 nitrogen and oxygen atoms in total. The molecule has 0 aliphatic heterocycles. The second-order valence-corrected chi connectivity index (χ2v) is 4.32. The van der Waals surface area contributed by atoms with Crippen LogP contribution in [-0.4, -0.2) is 11.5 Å². The van der Waals surface area contributed by atoms with E-state index in [1.54, 1.807) is 7.11 Å². The number of nitrogens with two attached hydrogens (primary N) is 1. The lowest BCUT2D eigenvalue weighted by molar-refractivity contribution is 0.410. The predicted molar refractivity (Wildman–Crippen MR) is 71.6 cm³/mol. The van der Waals surface area contributed by atoms with E-state index in [9.17, 15) is 0 Å². The number of nitrogen functional groups attached to an aromatic ring is 1. The van der Waals surface area contributed by atoms with E-state index in [2.05, 4.69) is 9.69 Å². The lowest BCUT2D eigenvalue weighted by Crippen LogP contribution is -2.01. The quantitative estimate of drug-likeness (QED) is 0.880. The fourth-order valence-corrected chi connectivity index (χ4v) is 2.21. The third kappa shape index (κ3) is 2.36. The van der Waals surface area contributed by atoms with E-state index < -0.39 is 0 Å². The van der Waals surface area contributed by atoms with E-state index in [0.717, 1.165) is 11.3 Å². The Kier molecular flexibility index (Phi) is 3.65. The molecule has 92 valence electrons. The maximum Gasteiger partial charge on any atom is 0.157 e. The van der Waals surface area contributed by atoms with E-state index >= 15 is 0 Å². The molecular weight excluding hydrogens is 248 g/mol. The highest BCUT2D eigenvalue weighted by Gasteiger charge is 2.11. The molecule has 2 rings (SSSR count). The summed E-state index contributed by atoms with van der Waals surface area (Å²) in [5.41, 5.74) is 7.00. The minimum absolute atomic E-state index is 0.269. The number of nitriles is 1. The van der Waals surface area contributed by atoms with Crippen LogP contribution in [0.25, 0.3) is 0 Å². The monoisotopic (exact) mass is 260 g/mol. The summed E-state index contributed by atoms with van der Waals surface area (Å²) >= 11 is 1.18. The minimum atomic E-state index is 0.269. The molecule has 0 aliphatic carbocycles. The van der Waals surface area contributed by atoms with Crippen LogP contribution in [0.2, 0.25) is 0 Å². The molecule has 0 radical (unpaired) electrons. The number of ether oxygens (including phenoxy) is 1. The van der Waals surface area contributed by atoms with Crippen molar-refractivity contribution in [2.24, 2.45) is 0 Å². The highest BCUT2D eigenvalue weighted by Crippen LogP contribution is 2.27. The summed E-state index contributed by atoms with van der Waals surface area (Å²) in [5.74, 6) is 1.08. The smallest absolute Gasteiger partial charge is 0.157 e. The van der Waals surface area contributed by atoms with Crippen LogP contribution in [-0.2, 0) is 6.54 Å². The summed E-state index contributed by atoms with van der Waals surface area (Å²) in [5, 5.41) is 12.8. The molecule has 0 bridgehead atoms. The van der Waals surface area contributed by atoms with Gasteiger partial charge in [-0.25, -0.2) is 0 Å². The molecule has 0 saturated heterocycles. The van der Waals surface area contributed by atoms with Gasteiger partial charge in [0.25, 0.3) is 0 Å². The van der Waals surface area contributed by atoms with Gasteiger partial charge in [-0.2, -0.15) is 9.64 Å². The first-order chi connectivity index (χ1) is 8.76. The maximum absolute atomic E-state index is 8.96. The van der Waals surface area contributed by atoms with Gasteiger partial charge in [-0.15, -0.1) is 0 Å². The molecule has 0 saturated carbocycles. The fourth-order valence-electron chi connectivity index (χ4n) is 1.56. The van der Waals surface area contributed by atoms with Crippen LogP contribution in [0.15, 0.2) is 24.3 Å². The van der Waals surface area contributed by atoms with Crippen LogP contribution in [0.4, 0.5) is 10.8 Å². The van der Waals surface area contributed by atoms with Gasteiger partial charge in [-0.1, -0.05) is 18.2 Å². The summed E-state index contributed by atoms with van der Waals surface area (Å²) in [4.78, 5) is 0. The van der Waals surface area contributed by atoms with Crippen molar-refractivity contribution in [2.75, 3.05) is 18.2 Å². The molecule has 6 heteroatoms. The fraction of sp³-hybridized carbons (Fsp3) is 0.167. The first-order valence-corrected chi connectivity index (χ1v) is 6.04. The molecule has 0 aliphatic rings. The highest BCUT2D eigenvalue weighted by molar-refractivity contribution is 7.10. The summed E-state index contributed by atoms with van der Waals surface area (Å²) in [6.45, 7) is 0.556. The van der Waals surface area contributed by atoms with Crippen molar-refractivity contribution in [3.8, 4) is 11.8 Å². The van der Waals surface area contributed by atoms with E-state index in [0.29, 0.717) is 17.1 Å². The molecule has 18 heavy (non-hydrogen) atoms. The lowest BCUT2D eigenvalue weighted by Gasteiger charge is -2.08. The number of benzene rings is 1. The van der Waals surface area contributed by atoms with Crippen molar-refractivity contribution in [1.82, 2.24) is 4.37 Å². The van der Waals surface area contributed by atoms with Crippen LogP contribution in [0, 0.1) is 11.3 Å². The molecule has 0 unspecified atom stereocenters. The first-order valence-electron chi connectivity index (χ1n) is 5.27. The Morgan fingerprint density at radius 2 is 2.28 bits per heavy atom. The number of nitrogens with zero attached hydrogens (tertiary/aromatic N) is 2. The standard InChI is InChI=1S/C12H12N4OS/c1-17-10-5-3-2-4-8(10)7-15-12-9(6-13)11(14)16-18-12/h2-5,15H,7H2,1H3,(H2,14,16). The van der Waals surface area contributed by atoms with Crippen molar-refractivity contribution in [3.05, 3.63) is 35.4 Å². The number of para-hydroxylation sites is 1. The van der Waals surface area contributed by atoms with Crippen molar-refractivity contribution < 1.29 is 4.74 Å². The summed E-state index contributed by atoms with van der Waals surface area (Å²) < 4.78 is 9.20. The Hall–Kier alpha value is -2.26. The third-order valence-electron chi connectivity index (χ3n) is 2.46.